The summed E-state index contributed by atoms with van der Waals surface area (Å²) < 4.78 is 5.75. The fraction of sp³-hybridized carbons (Fsp3) is 0.167. The van der Waals surface area contributed by atoms with Gasteiger partial charge in [-0.2, -0.15) is 5.26 Å². The first-order chi connectivity index (χ1) is 10.3. The van der Waals surface area contributed by atoms with E-state index < -0.39 is 0 Å². The average molecular weight is 276 g/mol. The molecule has 0 radical (unpaired) electrons. The molecule has 0 aliphatic carbocycles. The van der Waals surface area contributed by atoms with E-state index in [4.69, 9.17) is 15.7 Å². The van der Waals surface area contributed by atoms with E-state index in [1.54, 1.807) is 12.1 Å². The number of hydrogen-bond acceptors (Lipinski definition) is 3. The summed E-state index contributed by atoms with van der Waals surface area (Å²) in [5, 5.41) is 9.14. The van der Waals surface area contributed by atoms with Crippen LogP contribution in [0.3, 0.4) is 0 Å². The predicted octanol–water partition coefficient (Wildman–Crippen LogP) is 2.84. The van der Waals surface area contributed by atoms with Crippen LogP contribution in [0.1, 0.15) is 23.1 Å². The van der Waals surface area contributed by atoms with Crippen LogP contribution in [0.5, 0.6) is 5.75 Å². The number of nitrogens with two attached hydrogens (primary N) is 1. The summed E-state index contributed by atoms with van der Waals surface area (Å²) in [5.74, 6) is 6.55. The van der Waals surface area contributed by atoms with Gasteiger partial charge >= 0.3 is 0 Å². The van der Waals surface area contributed by atoms with Gasteiger partial charge in [-0.15, -0.1) is 0 Å². The Kier molecular flexibility index (Phi) is 5.41. The van der Waals surface area contributed by atoms with E-state index in [-0.39, 0.29) is 0 Å². The third-order valence-electron chi connectivity index (χ3n) is 2.84. The lowest BCUT2D eigenvalue weighted by Crippen LogP contribution is -1.98. The Morgan fingerprint density at radius 2 is 1.90 bits per heavy atom. The largest absolute Gasteiger partial charge is 0.487 e. The lowest BCUT2D eigenvalue weighted by atomic mass is 10.1. The van der Waals surface area contributed by atoms with Gasteiger partial charge in [-0.3, -0.25) is 0 Å². The van der Waals surface area contributed by atoms with E-state index in [2.05, 4.69) is 17.9 Å². The lowest BCUT2D eigenvalue weighted by Gasteiger charge is -2.08. The predicted molar refractivity (Wildman–Crippen MR) is 82.5 cm³/mol. The Morgan fingerprint density at radius 3 is 2.62 bits per heavy atom. The minimum atomic E-state index is 0.426. The summed E-state index contributed by atoms with van der Waals surface area (Å²) in [7, 11) is 0. The molecule has 21 heavy (non-hydrogen) atoms. The first-order valence-electron chi connectivity index (χ1n) is 6.73. The fourth-order valence-corrected chi connectivity index (χ4v) is 1.78. The molecule has 0 heterocycles. The van der Waals surface area contributed by atoms with Gasteiger partial charge in [-0.25, -0.2) is 0 Å². The van der Waals surface area contributed by atoms with Crippen molar-refractivity contribution in [2.45, 2.75) is 13.0 Å². The number of nitrogens with zero attached hydrogens (tertiary/aromatic N) is 1. The van der Waals surface area contributed by atoms with Crippen LogP contribution in [0.25, 0.3) is 0 Å². The minimum absolute atomic E-state index is 0.426. The van der Waals surface area contributed by atoms with Crippen molar-refractivity contribution in [2.24, 2.45) is 5.73 Å². The first kappa shape index (κ1) is 14.7. The van der Waals surface area contributed by atoms with E-state index in [1.807, 2.05) is 36.4 Å². The second-order valence-corrected chi connectivity index (χ2v) is 4.44. The monoisotopic (exact) mass is 276 g/mol. The number of rotatable bonds is 4. The van der Waals surface area contributed by atoms with Gasteiger partial charge in [-0.05, 0) is 23.8 Å². The number of benzene rings is 2. The molecule has 0 aliphatic heterocycles. The van der Waals surface area contributed by atoms with Crippen LogP contribution >= 0.6 is 0 Å². The Balaban J connectivity index is 2.15. The maximum Gasteiger partial charge on any atom is 0.138 e. The van der Waals surface area contributed by atoms with Crippen molar-refractivity contribution in [3.8, 4) is 23.7 Å². The molecule has 0 aromatic heterocycles. The molecule has 0 aliphatic rings. The molecule has 2 aromatic rings. The van der Waals surface area contributed by atoms with Crippen LogP contribution in [-0.4, -0.2) is 6.54 Å². The molecule has 0 fully saturated rings. The van der Waals surface area contributed by atoms with Gasteiger partial charge in [0, 0.05) is 18.5 Å². The molecule has 0 bridgehead atoms. The number of nitriles is 1. The highest BCUT2D eigenvalue weighted by atomic mass is 16.5. The Labute approximate surface area is 125 Å². The van der Waals surface area contributed by atoms with Crippen LogP contribution in [0.2, 0.25) is 0 Å². The second-order valence-electron chi connectivity index (χ2n) is 4.44. The zero-order chi connectivity index (χ0) is 14.9. The molecule has 0 spiro atoms. The molecule has 0 unspecified atom stereocenters. The summed E-state index contributed by atoms with van der Waals surface area (Å²) in [6.07, 6.45) is 0.653. The highest BCUT2D eigenvalue weighted by Gasteiger charge is 2.04. The lowest BCUT2D eigenvalue weighted by molar-refractivity contribution is 0.305. The Hall–Kier alpha value is -2.75. The second kappa shape index (κ2) is 7.75. The van der Waals surface area contributed by atoms with Crippen molar-refractivity contribution in [1.29, 1.82) is 5.26 Å². The van der Waals surface area contributed by atoms with Gasteiger partial charge in [0.1, 0.15) is 18.4 Å². The van der Waals surface area contributed by atoms with Crippen LogP contribution in [0, 0.1) is 23.2 Å². The summed E-state index contributed by atoms with van der Waals surface area (Å²) >= 11 is 0. The highest BCUT2D eigenvalue weighted by molar-refractivity contribution is 5.49. The third kappa shape index (κ3) is 4.38. The van der Waals surface area contributed by atoms with Gasteiger partial charge in [-0.1, -0.05) is 42.2 Å². The summed E-state index contributed by atoms with van der Waals surface area (Å²) in [4.78, 5) is 0. The van der Waals surface area contributed by atoms with Crippen molar-refractivity contribution in [3.05, 3.63) is 65.2 Å². The molecule has 0 amide bonds. The molecular formula is C18H16N2O. The molecule has 3 nitrogen and oxygen atoms in total. The molecular weight excluding hydrogens is 260 g/mol. The number of hydrogen-bond donors (Lipinski definition) is 1. The van der Waals surface area contributed by atoms with Gasteiger partial charge in [0.05, 0.1) is 5.56 Å². The molecule has 0 saturated carbocycles. The standard InChI is InChI=1S/C18H16N2O/c19-11-5-4-6-15-9-10-17(13-20)18(12-15)21-14-16-7-2-1-3-8-16/h1-3,7-10,12H,5,11,14,19H2. The van der Waals surface area contributed by atoms with E-state index in [0.29, 0.717) is 30.9 Å². The van der Waals surface area contributed by atoms with E-state index in [9.17, 15) is 0 Å². The first-order valence-corrected chi connectivity index (χ1v) is 6.73. The van der Waals surface area contributed by atoms with Crippen molar-refractivity contribution >= 4 is 0 Å². The van der Waals surface area contributed by atoms with Crippen molar-refractivity contribution < 1.29 is 4.74 Å². The van der Waals surface area contributed by atoms with Crippen molar-refractivity contribution in [2.75, 3.05) is 6.54 Å². The topological polar surface area (TPSA) is 59.0 Å². The Bertz CT molecular complexity index is 691. The van der Waals surface area contributed by atoms with E-state index in [1.165, 1.54) is 0 Å². The van der Waals surface area contributed by atoms with Crippen LogP contribution in [-0.2, 0) is 6.61 Å². The maximum atomic E-state index is 9.14. The van der Waals surface area contributed by atoms with Crippen molar-refractivity contribution in [3.63, 3.8) is 0 Å². The molecule has 0 saturated heterocycles. The molecule has 0 atom stereocenters. The van der Waals surface area contributed by atoms with Crippen LogP contribution in [0.15, 0.2) is 48.5 Å². The Morgan fingerprint density at radius 1 is 1.10 bits per heavy atom. The van der Waals surface area contributed by atoms with Gasteiger partial charge in [0.25, 0.3) is 0 Å². The van der Waals surface area contributed by atoms with Gasteiger partial charge < -0.3 is 10.5 Å². The van der Waals surface area contributed by atoms with Crippen molar-refractivity contribution in [1.82, 2.24) is 0 Å². The average Bonchev–Trinajstić information content (AvgIpc) is 2.54. The summed E-state index contributed by atoms with van der Waals surface area (Å²) in [6, 6.07) is 17.3. The third-order valence-corrected chi connectivity index (χ3v) is 2.84. The highest BCUT2D eigenvalue weighted by Crippen LogP contribution is 2.20. The molecule has 2 N–H and O–H groups in total. The molecule has 3 heteroatoms. The normalized spacial score (nSPS) is 9.33. The van der Waals surface area contributed by atoms with Crippen LogP contribution in [0.4, 0.5) is 0 Å². The zero-order valence-corrected chi connectivity index (χ0v) is 11.7. The van der Waals surface area contributed by atoms with Gasteiger partial charge in [0.15, 0.2) is 0 Å². The maximum absolute atomic E-state index is 9.14. The van der Waals surface area contributed by atoms with Crippen LogP contribution < -0.4 is 10.5 Å². The smallest absolute Gasteiger partial charge is 0.138 e. The molecule has 2 aromatic carbocycles. The quantitative estimate of drug-likeness (QED) is 0.873. The summed E-state index contributed by atoms with van der Waals surface area (Å²) in [5.41, 5.74) is 7.80. The van der Waals surface area contributed by atoms with E-state index in [0.717, 1.165) is 11.1 Å². The fourth-order valence-electron chi connectivity index (χ4n) is 1.78. The number of ether oxygens (including phenoxy) is 1. The minimum Gasteiger partial charge on any atom is -0.487 e. The SMILES string of the molecule is N#Cc1ccc(C#CCCN)cc1OCc1ccccc1. The zero-order valence-electron chi connectivity index (χ0n) is 11.7. The van der Waals surface area contributed by atoms with E-state index >= 15 is 0 Å². The molecule has 2 rings (SSSR count). The summed E-state index contributed by atoms with van der Waals surface area (Å²) in [6.45, 7) is 0.968. The van der Waals surface area contributed by atoms with Gasteiger partial charge in [0.2, 0.25) is 0 Å². The molecule has 104 valence electrons.